The van der Waals surface area contributed by atoms with E-state index in [0.29, 0.717) is 19.5 Å². The molecule has 1 amide bonds. The predicted molar refractivity (Wildman–Crippen MR) is 106 cm³/mol. The van der Waals surface area contributed by atoms with Crippen molar-refractivity contribution < 1.29 is 4.79 Å². The second-order valence-electron chi connectivity index (χ2n) is 8.52. The molecule has 1 aliphatic rings. The van der Waals surface area contributed by atoms with Crippen molar-refractivity contribution in [3.8, 4) is 11.5 Å². The summed E-state index contributed by atoms with van der Waals surface area (Å²) in [5, 5.41) is 4.91. The minimum atomic E-state index is -0.0125. The fourth-order valence-corrected chi connectivity index (χ4v) is 3.65. The van der Waals surface area contributed by atoms with Crippen molar-refractivity contribution in [1.29, 1.82) is 0 Å². The molecule has 3 heterocycles. The standard InChI is InChI=1S/C22H26N4O/c1-16-9-5-6-10-19(16)26-21(24-11-7-8-12-24)17-14-25(15-18(17)23-26)20(27)13-22(2,3)4/h5-12H,13-15H2,1-4H3. The molecule has 27 heavy (non-hydrogen) atoms. The summed E-state index contributed by atoms with van der Waals surface area (Å²) in [7, 11) is 0. The minimum absolute atomic E-state index is 0.0125. The predicted octanol–water partition coefficient (Wildman–Crippen LogP) is 4.25. The quantitative estimate of drug-likeness (QED) is 0.699. The zero-order valence-electron chi connectivity index (χ0n) is 16.4. The van der Waals surface area contributed by atoms with Gasteiger partial charge in [-0.15, -0.1) is 0 Å². The SMILES string of the molecule is Cc1ccccc1-n1nc2c(c1-n1cccc1)CN(C(=O)CC(C)(C)C)C2. The zero-order chi connectivity index (χ0) is 19.2. The van der Waals surface area contributed by atoms with Crippen molar-refractivity contribution in [2.75, 3.05) is 0 Å². The van der Waals surface area contributed by atoms with Crippen LogP contribution in [0, 0.1) is 12.3 Å². The largest absolute Gasteiger partial charge is 0.332 e. The highest BCUT2D eigenvalue weighted by molar-refractivity contribution is 5.77. The first kappa shape index (κ1) is 17.6. The van der Waals surface area contributed by atoms with Gasteiger partial charge in [-0.1, -0.05) is 39.0 Å². The second-order valence-corrected chi connectivity index (χ2v) is 8.52. The zero-order valence-corrected chi connectivity index (χ0v) is 16.4. The first-order chi connectivity index (χ1) is 12.8. The summed E-state index contributed by atoms with van der Waals surface area (Å²) < 4.78 is 4.11. The maximum atomic E-state index is 12.7. The van der Waals surface area contributed by atoms with Gasteiger partial charge in [-0.2, -0.15) is 5.10 Å². The van der Waals surface area contributed by atoms with Gasteiger partial charge >= 0.3 is 0 Å². The van der Waals surface area contributed by atoms with E-state index in [-0.39, 0.29) is 11.3 Å². The van der Waals surface area contributed by atoms with Crippen LogP contribution in [0.1, 0.15) is 44.0 Å². The van der Waals surface area contributed by atoms with Crippen LogP contribution in [0.15, 0.2) is 48.8 Å². The Labute approximate surface area is 160 Å². The molecular weight excluding hydrogens is 336 g/mol. The maximum Gasteiger partial charge on any atom is 0.223 e. The van der Waals surface area contributed by atoms with Crippen LogP contribution in [0.4, 0.5) is 0 Å². The third kappa shape index (κ3) is 3.29. The Morgan fingerprint density at radius 2 is 1.78 bits per heavy atom. The summed E-state index contributed by atoms with van der Waals surface area (Å²) in [6, 6.07) is 12.3. The summed E-state index contributed by atoms with van der Waals surface area (Å²) in [5.74, 6) is 1.22. The number of hydrogen-bond donors (Lipinski definition) is 0. The van der Waals surface area contributed by atoms with E-state index in [0.717, 1.165) is 22.8 Å². The van der Waals surface area contributed by atoms with Gasteiger partial charge in [-0.05, 0) is 36.1 Å². The van der Waals surface area contributed by atoms with Crippen LogP contribution in [0.25, 0.3) is 11.5 Å². The minimum Gasteiger partial charge on any atom is -0.332 e. The van der Waals surface area contributed by atoms with E-state index in [9.17, 15) is 4.79 Å². The summed E-state index contributed by atoms with van der Waals surface area (Å²) in [4.78, 5) is 14.6. The molecule has 0 atom stereocenters. The van der Waals surface area contributed by atoms with Gasteiger partial charge in [0.1, 0.15) is 5.82 Å². The van der Waals surface area contributed by atoms with E-state index in [2.05, 4.69) is 44.4 Å². The summed E-state index contributed by atoms with van der Waals surface area (Å²) in [6.45, 7) is 9.60. The monoisotopic (exact) mass is 362 g/mol. The highest BCUT2D eigenvalue weighted by Crippen LogP contribution is 2.32. The molecule has 0 unspecified atom stereocenters. The molecule has 0 saturated carbocycles. The number of aromatic nitrogens is 3. The highest BCUT2D eigenvalue weighted by Gasteiger charge is 2.32. The first-order valence-corrected chi connectivity index (χ1v) is 9.41. The fourth-order valence-electron chi connectivity index (χ4n) is 3.65. The molecule has 1 aliphatic heterocycles. The molecule has 0 saturated heterocycles. The average molecular weight is 362 g/mol. The van der Waals surface area contributed by atoms with E-state index < -0.39 is 0 Å². The van der Waals surface area contributed by atoms with Crippen LogP contribution in [0.5, 0.6) is 0 Å². The molecule has 0 spiro atoms. The molecule has 140 valence electrons. The van der Waals surface area contributed by atoms with Crippen LogP contribution in [0.3, 0.4) is 0 Å². The van der Waals surface area contributed by atoms with Crippen LogP contribution in [0.2, 0.25) is 0 Å². The van der Waals surface area contributed by atoms with Crippen LogP contribution in [-0.4, -0.2) is 25.2 Å². The number of nitrogens with zero attached hydrogens (tertiary/aromatic N) is 4. The number of carbonyl (C=O) groups is 1. The second kappa shape index (κ2) is 6.41. The van der Waals surface area contributed by atoms with E-state index >= 15 is 0 Å². The van der Waals surface area contributed by atoms with Crippen LogP contribution in [-0.2, 0) is 17.9 Å². The van der Waals surface area contributed by atoms with Gasteiger partial charge in [0.25, 0.3) is 0 Å². The molecule has 5 heteroatoms. The van der Waals surface area contributed by atoms with E-state index in [1.165, 1.54) is 5.56 Å². The van der Waals surface area contributed by atoms with Crippen molar-refractivity contribution >= 4 is 5.91 Å². The average Bonchev–Trinajstić information content (AvgIpc) is 3.28. The maximum absolute atomic E-state index is 12.7. The Morgan fingerprint density at radius 1 is 1.07 bits per heavy atom. The summed E-state index contributed by atoms with van der Waals surface area (Å²) in [6.07, 6.45) is 4.62. The molecule has 0 N–H and O–H groups in total. The van der Waals surface area contributed by atoms with Gasteiger partial charge in [-0.25, -0.2) is 4.68 Å². The molecule has 1 aromatic carbocycles. The number of amides is 1. The van der Waals surface area contributed by atoms with Crippen molar-refractivity contribution in [2.45, 2.75) is 47.2 Å². The number of benzene rings is 1. The van der Waals surface area contributed by atoms with Gasteiger partial charge in [-0.3, -0.25) is 4.79 Å². The Kier molecular flexibility index (Phi) is 4.17. The van der Waals surface area contributed by atoms with Gasteiger partial charge in [0.2, 0.25) is 5.91 Å². The van der Waals surface area contributed by atoms with Crippen molar-refractivity contribution in [1.82, 2.24) is 19.2 Å². The number of carbonyl (C=O) groups excluding carboxylic acids is 1. The third-order valence-electron chi connectivity index (χ3n) is 4.96. The lowest BCUT2D eigenvalue weighted by Gasteiger charge is -2.23. The lowest BCUT2D eigenvalue weighted by atomic mass is 9.92. The normalized spacial score (nSPS) is 13.9. The van der Waals surface area contributed by atoms with E-state index in [1.807, 2.05) is 46.2 Å². The van der Waals surface area contributed by atoms with Gasteiger partial charge in [0.15, 0.2) is 0 Å². The van der Waals surface area contributed by atoms with Gasteiger partial charge in [0.05, 0.1) is 24.5 Å². The number of aryl methyl sites for hydroxylation is 1. The highest BCUT2D eigenvalue weighted by atomic mass is 16.2. The van der Waals surface area contributed by atoms with Crippen molar-refractivity contribution in [3.63, 3.8) is 0 Å². The van der Waals surface area contributed by atoms with Crippen LogP contribution >= 0.6 is 0 Å². The molecule has 0 radical (unpaired) electrons. The Bertz CT molecular complexity index is 976. The van der Waals surface area contributed by atoms with E-state index in [4.69, 9.17) is 5.10 Å². The number of rotatable bonds is 3. The fraction of sp³-hybridized carbons (Fsp3) is 0.364. The van der Waals surface area contributed by atoms with Crippen molar-refractivity contribution in [3.05, 3.63) is 65.6 Å². The summed E-state index contributed by atoms with van der Waals surface area (Å²) in [5.41, 5.74) is 4.36. The van der Waals surface area contributed by atoms with Crippen LogP contribution < -0.4 is 0 Å². The number of fused-ring (bicyclic) bond motifs is 1. The molecule has 4 rings (SSSR count). The number of hydrogen-bond acceptors (Lipinski definition) is 2. The number of para-hydroxylation sites is 1. The Balaban J connectivity index is 1.75. The third-order valence-corrected chi connectivity index (χ3v) is 4.96. The van der Waals surface area contributed by atoms with Gasteiger partial charge in [0, 0.05) is 24.4 Å². The lowest BCUT2D eigenvalue weighted by molar-refractivity contribution is -0.133. The Morgan fingerprint density at radius 3 is 2.44 bits per heavy atom. The van der Waals surface area contributed by atoms with Gasteiger partial charge < -0.3 is 9.47 Å². The molecule has 0 aliphatic carbocycles. The molecule has 3 aromatic rings. The lowest BCUT2D eigenvalue weighted by Crippen LogP contribution is -2.29. The van der Waals surface area contributed by atoms with Crippen molar-refractivity contribution in [2.24, 2.45) is 5.41 Å². The van der Waals surface area contributed by atoms with E-state index in [1.54, 1.807) is 0 Å². The molecule has 5 nitrogen and oxygen atoms in total. The topological polar surface area (TPSA) is 43.1 Å². The molecular formula is C22H26N4O. The Hall–Kier alpha value is -2.82. The smallest absolute Gasteiger partial charge is 0.223 e. The molecule has 0 bridgehead atoms. The first-order valence-electron chi connectivity index (χ1n) is 9.41. The molecule has 0 fully saturated rings. The molecule has 2 aromatic heterocycles. The summed E-state index contributed by atoms with van der Waals surface area (Å²) >= 11 is 0.